The molecule has 2 amide bonds. The Hall–Kier alpha value is -2.90. The number of phenols is 1. The van der Waals surface area contributed by atoms with Crippen molar-refractivity contribution < 1.29 is 19.4 Å². The number of imide groups is 1. The topological polar surface area (TPSA) is 90.9 Å². The Labute approximate surface area is 150 Å². The summed E-state index contributed by atoms with van der Waals surface area (Å²) in [5.74, 6) is -0.775. The van der Waals surface area contributed by atoms with E-state index < -0.39 is 12.0 Å². The number of nitrogens with one attached hydrogen (secondary N) is 2. The molecular weight excluding hydrogens is 334 g/mol. The van der Waals surface area contributed by atoms with Gasteiger partial charge in [-0.05, 0) is 23.3 Å². The molecule has 4 rings (SSSR count). The first-order valence-electron chi connectivity index (χ1n) is 8.37. The zero-order chi connectivity index (χ0) is 18.3. The lowest BCUT2D eigenvalue weighted by Gasteiger charge is -2.22. The number of hydrogen-bond donors (Lipinski definition) is 3. The van der Waals surface area contributed by atoms with Gasteiger partial charge in [0, 0.05) is 6.54 Å². The first-order valence-corrected chi connectivity index (χ1v) is 8.37. The zero-order valence-electron chi connectivity index (χ0n) is 14.2. The Balaban J connectivity index is 1.67. The Morgan fingerprint density at radius 3 is 2.62 bits per heavy atom. The third-order valence-corrected chi connectivity index (χ3v) is 4.92. The minimum absolute atomic E-state index is 0.0267. The van der Waals surface area contributed by atoms with Gasteiger partial charge in [0.2, 0.25) is 11.8 Å². The van der Waals surface area contributed by atoms with E-state index in [0.717, 1.165) is 11.1 Å². The molecule has 26 heavy (non-hydrogen) atoms. The molecule has 0 aromatic heterocycles. The van der Waals surface area contributed by atoms with Gasteiger partial charge >= 0.3 is 0 Å². The Bertz CT molecular complexity index is 855. The van der Waals surface area contributed by atoms with Gasteiger partial charge in [0.1, 0.15) is 6.04 Å². The third-order valence-electron chi connectivity index (χ3n) is 4.92. The van der Waals surface area contributed by atoms with Crippen LogP contribution in [0.4, 0.5) is 0 Å². The molecule has 7 nitrogen and oxygen atoms in total. The molecule has 0 unspecified atom stereocenters. The van der Waals surface area contributed by atoms with Crippen LogP contribution in [0.3, 0.4) is 0 Å². The zero-order valence-corrected chi connectivity index (χ0v) is 14.2. The minimum Gasteiger partial charge on any atom is -0.504 e. The monoisotopic (exact) mass is 353 g/mol. The summed E-state index contributed by atoms with van der Waals surface area (Å²) >= 11 is 0. The first kappa shape index (κ1) is 16.6. The van der Waals surface area contributed by atoms with Crippen LogP contribution >= 0.6 is 0 Å². The highest BCUT2D eigenvalue weighted by atomic mass is 16.5. The fraction of sp³-hybridized carbons (Fsp3) is 0.263. The number of rotatable bonds is 4. The first-order chi connectivity index (χ1) is 12.6. The lowest BCUT2D eigenvalue weighted by Crippen LogP contribution is -2.43. The molecule has 2 fully saturated rings. The summed E-state index contributed by atoms with van der Waals surface area (Å²) in [5, 5.41) is 14.1. The number of fused-ring (bicyclic) bond motifs is 1. The lowest BCUT2D eigenvalue weighted by atomic mass is 9.90. The average molecular weight is 353 g/mol. The van der Waals surface area contributed by atoms with E-state index in [0.29, 0.717) is 12.3 Å². The molecule has 0 bridgehead atoms. The van der Waals surface area contributed by atoms with Gasteiger partial charge in [-0.15, -0.1) is 0 Å². The minimum atomic E-state index is -0.576. The molecule has 0 saturated carbocycles. The molecule has 0 aliphatic carbocycles. The van der Waals surface area contributed by atoms with Gasteiger partial charge < -0.3 is 9.84 Å². The molecule has 2 heterocycles. The number of amides is 2. The van der Waals surface area contributed by atoms with Gasteiger partial charge in [0.05, 0.1) is 19.1 Å². The van der Waals surface area contributed by atoms with E-state index in [4.69, 9.17) is 4.74 Å². The van der Waals surface area contributed by atoms with Crippen LogP contribution in [0, 0.1) is 5.92 Å². The number of carbonyl (C=O) groups excluding carboxylic acids is 2. The van der Waals surface area contributed by atoms with Crippen LogP contribution in [-0.2, 0) is 16.1 Å². The molecule has 7 heteroatoms. The predicted molar refractivity (Wildman–Crippen MR) is 92.9 cm³/mol. The highest BCUT2D eigenvalue weighted by Gasteiger charge is 2.54. The van der Waals surface area contributed by atoms with Gasteiger partial charge in [0.25, 0.3) is 0 Å². The highest BCUT2D eigenvalue weighted by Crippen LogP contribution is 2.39. The van der Waals surface area contributed by atoms with Crippen LogP contribution in [-0.4, -0.2) is 35.1 Å². The van der Waals surface area contributed by atoms with Gasteiger partial charge in [-0.1, -0.05) is 36.4 Å². The fourth-order valence-corrected chi connectivity index (χ4v) is 3.69. The van der Waals surface area contributed by atoms with Gasteiger partial charge in [-0.25, -0.2) is 10.4 Å². The van der Waals surface area contributed by atoms with Crippen molar-refractivity contribution in [2.75, 3.05) is 7.11 Å². The van der Waals surface area contributed by atoms with Gasteiger partial charge in [-0.3, -0.25) is 14.9 Å². The van der Waals surface area contributed by atoms with Gasteiger partial charge in [0.15, 0.2) is 11.5 Å². The van der Waals surface area contributed by atoms with E-state index in [1.54, 1.807) is 12.1 Å². The van der Waals surface area contributed by atoms with Crippen LogP contribution in [0.5, 0.6) is 11.5 Å². The molecule has 3 atom stereocenters. The summed E-state index contributed by atoms with van der Waals surface area (Å²) < 4.78 is 5.17. The van der Waals surface area contributed by atoms with Crippen molar-refractivity contribution in [2.24, 2.45) is 5.92 Å². The Kier molecular flexibility index (Phi) is 4.10. The van der Waals surface area contributed by atoms with Crippen LogP contribution in [0.25, 0.3) is 0 Å². The van der Waals surface area contributed by atoms with E-state index in [1.807, 2.05) is 35.3 Å². The molecular formula is C19H19N3O4. The molecule has 2 aliphatic rings. The molecule has 0 spiro atoms. The molecule has 3 N–H and O–H groups in total. The molecule has 2 aromatic carbocycles. The number of phenolic OH excluding ortho intramolecular Hbond substituents is 1. The van der Waals surface area contributed by atoms with Crippen molar-refractivity contribution in [2.45, 2.75) is 18.6 Å². The summed E-state index contributed by atoms with van der Waals surface area (Å²) in [7, 11) is 1.47. The summed E-state index contributed by atoms with van der Waals surface area (Å²) in [6.45, 7) is 0.494. The van der Waals surface area contributed by atoms with Crippen molar-refractivity contribution in [3.05, 3.63) is 59.7 Å². The van der Waals surface area contributed by atoms with Crippen molar-refractivity contribution in [3.63, 3.8) is 0 Å². The van der Waals surface area contributed by atoms with Crippen LogP contribution in [0.2, 0.25) is 0 Å². The largest absolute Gasteiger partial charge is 0.504 e. The van der Waals surface area contributed by atoms with Crippen molar-refractivity contribution in [3.8, 4) is 11.5 Å². The Morgan fingerprint density at radius 2 is 1.88 bits per heavy atom. The number of methoxy groups -OCH3 is 1. The molecule has 2 saturated heterocycles. The third kappa shape index (κ3) is 2.71. The normalized spacial score (nSPS) is 25.2. The smallest absolute Gasteiger partial charge is 0.246 e. The van der Waals surface area contributed by atoms with Crippen molar-refractivity contribution in [1.29, 1.82) is 0 Å². The molecule has 2 aliphatic heterocycles. The molecule has 0 radical (unpaired) electrons. The van der Waals surface area contributed by atoms with E-state index in [-0.39, 0.29) is 23.6 Å². The second-order valence-electron chi connectivity index (χ2n) is 6.48. The van der Waals surface area contributed by atoms with Gasteiger partial charge in [-0.2, -0.15) is 0 Å². The summed E-state index contributed by atoms with van der Waals surface area (Å²) in [6, 6.07) is 13.7. The summed E-state index contributed by atoms with van der Waals surface area (Å²) in [5.41, 5.74) is 5.11. The summed E-state index contributed by atoms with van der Waals surface area (Å²) in [4.78, 5) is 24.7. The van der Waals surface area contributed by atoms with Crippen molar-refractivity contribution in [1.82, 2.24) is 15.8 Å². The molecule has 2 aromatic rings. The number of benzene rings is 2. The lowest BCUT2D eigenvalue weighted by molar-refractivity contribution is -0.127. The quantitative estimate of drug-likeness (QED) is 0.713. The highest BCUT2D eigenvalue weighted by molar-refractivity contribution is 6.07. The molecule has 134 valence electrons. The number of nitrogens with zero attached hydrogens (tertiary/aromatic N) is 1. The number of carbonyl (C=O) groups is 2. The number of hydrazine groups is 1. The number of ether oxygens (including phenoxy) is 1. The second-order valence-corrected chi connectivity index (χ2v) is 6.48. The van der Waals surface area contributed by atoms with Crippen LogP contribution in [0.15, 0.2) is 48.5 Å². The average Bonchev–Trinajstić information content (AvgIpc) is 3.16. The summed E-state index contributed by atoms with van der Waals surface area (Å²) in [6.07, 6.45) is 0. The standard InChI is InChI=1S/C19H19N3O4/c1-26-14-9-12(7-8-13(14)23)16-15-17(19(25)20-18(15)24)22(21-16)10-11-5-3-2-4-6-11/h2-9,15-17,21,23H,10H2,1H3,(H,20,24,25)/t15-,16+,17-/m0/s1. The maximum Gasteiger partial charge on any atom is 0.246 e. The Morgan fingerprint density at radius 1 is 1.12 bits per heavy atom. The van der Waals surface area contributed by atoms with E-state index >= 15 is 0 Å². The SMILES string of the molecule is COc1cc([C@H]2NN(Cc3ccccc3)[C@@H]3C(=O)NC(=O)[C@@H]23)ccc1O. The predicted octanol–water partition coefficient (Wildman–Crippen LogP) is 1.10. The van der Waals surface area contributed by atoms with E-state index in [2.05, 4.69) is 10.7 Å². The fourth-order valence-electron chi connectivity index (χ4n) is 3.69. The van der Waals surface area contributed by atoms with Crippen molar-refractivity contribution >= 4 is 11.8 Å². The maximum atomic E-state index is 12.4. The van der Waals surface area contributed by atoms with Crippen LogP contribution < -0.4 is 15.5 Å². The second kappa shape index (κ2) is 6.44. The number of hydrogen-bond acceptors (Lipinski definition) is 6. The van der Waals surface area contributed by atoms with Crippen LogP contribution in [0.1, 0.15) is 17.2 Å². The number of aromatic hydroxyl groups is 1. The maximum absolute atomic E-state index is 12.4. The van der Waals surface area contributed by atoms with E-state index in [9.17, 15) is 14.7 Å². The van der Waals surface area contributed by atoms with E-state index in [1.165, 1.54) is 13.2 Å².